The first-order chi connectivity index (χ1) is 6.24. The SMILES string of the molecule is CCCC[N+](CCCC)(N=O)OO. The van der Waals surface area contributed by atoms with E-state index in [0.29, 0.717) is 13.1 Å². The second-order valence-corrected chi connectivity index (χ2v) is 3.16. The van der Waals surface area contributed by atoms with E-state index in [0.717, 1.165) is 25.7 Å². The van der Waals surface area contributed by atoms with Crippen molar-refractivity contribution in [3.8, 4) is 0 Å². The number of quaternary nitrogens is 1. The number of hydrogen-bond donors (Lipinski definition) is 1. The maximum Gasteiger partial charge on any atom is 0.192 e. The van der Waals surface area contributed by atoms with Gasteiger partial charge in [-0.25, -0.2) is 0 Å². The van der Waals surface area contributed by atoms with Gasteiger partial charge in [0.05, 0.1) is 0 Å². The fourth-order valence-corrected chi connectivity index (χ4v) is 1.10. The molecule has 0 aromatic rings. The predicted octanol–water partition coefficient (Wildman–Crippen LogP) is 2.49. The van der Waals surface area contributed by atoms with Crippen molar-refractivity contribution in [1.29, 1.82) is 0 Å². The smallest absolute Gasteiger partial charge is 0.192 e. The maximum absolute atomic E-state index is 10.5. The van der Waals surface area contributed by atoms with Gasteiger partial charge in [-0.05, 0) is 4.99 Å². The van der Waals surface area contributed by atoms with E-state index in [4.69, 9.17) is 5.26 Å². The number of hydrogen-bond acceptors (Lipinski definition) is 4. The third kappa shape index (κ3) is 4.31. The lowest BCUT2D eigenvalue weighted by atomic mass is 10.3. The number of hydroxylamine groups is 2. The van der Waals surface area contributed by atoms with Gasteiger partial charge in [-0.1, -0.05) is 31.6 Å². The molecule has 0 spiro atoms. The topological polar surface area (TPSA) is 58.9 Å². The molecule has 0 saturated heterocycles. The van der Waals surface area contributed by atoms with Crippen LogP contribution in [0.25, 0.3) is 0 Å². The lowest BCUT2D eigenvalue weighted by Gasteiger charge is -2.20. The number of nitrogens with zero attached hydrogens (tertiary/aromatic N) is 2. The molecule has 0 aliphatic heterocycles. The van der Waals surface area contributed by atoms with Crippen molar-refractivity contribution in [2.45, 2.75) is 39.5 Å². The van der Waals surface area contributed by atoms with Gasteiger partial charge >= 0.3 is 0 Å². The summed E-state index contributed by atoms with van der Waals surface area (Å²) in [6, 6.07) is 0. The van der Waals surface area contributed by atoms with Crippen LogP contribution in [0, 0.1) is 4.91 Å². The van der Waals surface area contributed by atoms with Gasteiger partial charge < -0.3 is 0 Å². The largest absolute Gasteiger partial charge is 0.198 e. The Hall–Kier alpha value is -0.520. The third-order valence-corrected chi connectivity index (χ3v) is 2.02. The maximum atomic E-state index is 10.5. The van der Waals surface area contributed by atoms with E-state index >= 15 is 0 Å². The van der Waals surface area contributed by atoms with Gasteiger partial charge in [-0.3, -0.25) is 0 Å². The molecule has 0 fully saturated rings. The molecule has 0 radical (unpaired) electrons. The van der Waals surface area contributed by atoms with E-state index < -0.39 is 4.76 Å². The Balaban J connectivity index is 4.04. The average Bonchev–Trinajstić information content (AvgIpc) is 2.20. The molecule has 0 aliphatic carbocycles. The van der Waals surface area contributed by atoms with E-state index in [-0.39, 0.29) is 0 Å². The highest BCUT2D eigenvalue weighted by molar-refractivity contribution is 4.35. The van der Waals surface area contributed by atoms with Gasteiger partial charge in [0.2, 0.25) is 0 Å². The summed E-state index contributed by atoms with van der Waals surface area (Å²) in [4.78, 5) is 14.7. The molecule has 0 saturated carbocycles. The predicted molar refractivity (Wildman–Crippen MR) is 49.3 cm³/mol. The quantitative estimate of drug-likeness (QED) is 0.277. The van der Waals surface area contributed by atoms with Crippen molar-refractivity contribution in [3.05, 3.63) is 4.91 Å². The van der Waals surface area contributed by atoms with Crippen LogP contribution in [0.3, 0.4) is 0 Å². The highest BCUT2D eigenvalue weighted by atomic mass is 17.2. The monoisotopic (exact) mass is 191 g/mol. The Morgan fingerprint density at radius 2 is 1.69 bits per heavy atom. The molecule has 0 bridgehead atoms. The minimum atomic E-state index is -0.526. The van der Waals surface area contributed by atoms with Crippen molar-refractivity contribution in [3.63, 3.8) is 0 Å². The Morgan fingerprint density at radius 3 is 1.92 bits per heavy atom. The summed E-state index contributed by atoms with van der Waals surface area (Å²) in [5, 5.41) is 11.4. The molecule has 0 aliphatic rings. The number of unbranched alkanes of at least 4 members (excludes halogenated alkanes) is 2. The first kappa shape index (κ1) is 12.5. The summed E-state index contributed by atoms with van der Waals surface area (Å²) < 4.78 is -0.526. The molecule has 5 heteroatoms. The molecule has 0 unspecified atom stereocenters. The van der Waals surface area contributed by atoms with E-state index in [9.17, 15) is 4.91 Å². The van der Waals surface area contributed by atoms with Crippen LogP contribution in [0.15, 0.2) is 5.29 Å². The second kappa shape index (κ2) is 6.94. The highest BCUT2D eigenvalue weighted by Gasteiger charge is 2.31. The zero-order valence-electron chi connectivity index (χ0n) is 8.40. The van der Waals surface area contributed by atoms with E-state index in [2.05, 4.69) is 10.3 Å². The third-order valence-electron chi connectivity index (χ3n) is 2.02. The van der Waals surface area contributed by atoms with Crippen molar-refractivity contribution >= 4 is 0 Å². The van der Waals surface area contributed by atoms with Crippen molar-refractivity contribution in [2.75, 3.05) is 13.1 Å². The second-order valence-electron chi connectivity index (χ2n) is 3.16. The molecular formula is C8H19N2O3+. The highest BCUT2D eigenvalue weighted by Crippen LogP contribution is 2.12. The summed E-state index contributed by atoms with van der Waals surface area (Å²) in [7, 11) is 0. The summed E-state index contributed by atoms with van der Waals surface area (Å²) >= 11 is 0. The average molecular weight is 191 g/mol. The van der Waals surface area contributed by atoms with Crippen LogP contribution in [0.2, 0.25) is 0 Å². The summed E-state index contributed by atoms with van der Waals surface area (Å²) in [6.07, 6.45) is 3.53. The van der Waals surface area contributed by atoms with Gasteiger partial charge in [0.15, 0.2) is 5.29 Å². The number of nitroso groups, excluding NO2 is 1. The lowest BCUT2D eigenvalue weighted by Crippen LogP contribution is -2.43. The van der Waals surface area contributed by atoms with Crippen LogP contribution in [-0.4, -0.2) is 23.1 Å². The van der Waals surface area contributed by atoms with Crippen LogP contribution in [0.4, 0.5) is 0 Å². The Bertz CT molecular complexity index is 133. The molecule has 0 amide bonds. The Kier molecular flexibility index (Phi) is 6.66. The molecule has 1 N–H and O–H groups in total. The first-order valence-corrected chi connectivity index (χ1v) is 4.79. The Morgan fingerprint density at radius 1 is 1.23 bits per heavy atom. The van der Waals surface area contributed by atoms with E-state index in [1.54, 1.807) is 0 Å². The van der Waals surface area contributed by atoms with Crippen molar-refractivity contribution in [2.24, 2.45) is 5.29 Å². The van der Waals surface area contributed by atoms with Crippen molar-refractivity contribution in [1.82, 2.24) is 0 Å². The van der Waals surface area contributed by atoms with Crippen LogP contribution in [0.1, 0.15) is 39.5 Å². The fourth-order valence-electron chi connectivity index (χ4n) is 1.10. The van der Waals surface area contributed by atoms with Crippen molar-refractivity contribution < 1.29 is 15.0 Å². The summed E-state index contributed by atoms with van der Waals surface area (Å²) in [6.45, 7) is 4.90. The van der Waals surface area contributed by atoms with Crippen LogP contribution in [0.5, 0.6) is 0 Å². The normalized spacial score (nSPS) is 11.6. The molecule has 5 nitrogen and oxygen atoms in total. The molecule has 0 rings (SSSR count). The van der Waals surface area contributed by atoms with Crippen LogP contribution < -0.4 is 0 Å². The molecule has 0 atom stereocenters. The molecule has 0 aromatic heterocycles. The molecule has 0 aromatic carbocycles. The summed E-state index contributed by atoms with van der Waals surface area (Å²) in [5.41, 5.74) is 0. The van der Waals surface area contributed by atoms with Gasteiger partial charge in [-0.15, -0.1) is 0 Å². The van der Waals surface area contributed by atoms with Gasteiger partial charge in [-0.2, -0.15) is 5.26 Å². The summed E-state index contributed by atoms with van der Waals surface area (Å²) in [5.74, 6) is 0. The first-order valence-electron chi connectivity index (χ1n) is 4.79. The van der Waals surface area contributed by atoms with Gasteiger partial charge in [0.25, 0.3) is 0 Å². The van der Waals surface area contributed by atoms with E-state index in [1.807, 2.05) is 13.8 Å². The molecule has 0 heterocycles. The van der Waals surface area contributed by atoms with Gasteiger partial charge in [0.1, 0.15) is 13.1 Å². The minimum absolute atomic E-state index is 0.441. The van der Waals surface area contributed by atoms with E-state index in [1.165, 1.54) is 0 Å². The zero-order chi connectivity index (χ0) is 10.2. The number of rotatable bonds is 8. The van der Waals surface area contributed by atoms with Crippen LogP contribution >= 0.6 is 0 Å². The molecular weight excluding hydrogens is 172 g/mol. The molecule has 13 heavy (non-hydrogen) atoms. The standard InChI is InChI=1S/C8H18N2O3/c1-3-5-7-10(9-11,13-12)8-6-4-2/h3-8H2,1-2H3/p+1. The fraction of sp³-hybridized carbons (Fsp3) is 1.00. The van der Waals surface area contributed by atoms with Crippen LogP contribution in [-0.2, 0) is 4.99 Å². The minimum Gasteiger partial charge on any atom is -0.198 e. The zero-order valence-corrected chi connectivity index (χ0v) is 8.40. The lowest BCUT2D eigenvalue weighted by molar-refractivity contribution is -1.16. The molecule has 78 valence electrons. The van der Waals surface area contributed by atoms with Gasteiger partial charge in [0, 0.05) is 17.6 Å². The Labute approximate surface area is 78.7 Å².